The third kappa shape index (κ3) is 5.06. The van der Waals surface area contributed by atoms with E-state index in [0.717, 1.165) is 12.8 Å². The van der Waals surface area contributed by atoms with Crippen LogP contribution >= 0.6 is 11.3 Å². The summed E-state index contributed by atoms with van der Waals surface area (Å²) in [6.07, 6.45) is 3.38. The van der Waals surface area contributed by atoms with Gasteiger partial charge in [0, 0.05) is 19.7 Å². The number of rotatable bonds is 9. The second kappa shape index (κ2) is 9.80. The molecule has 2 aromatic carbocycles. The summed E-state index contributed by atoms with van der Waals surface area (Å²) in [6, 6.07) is 13.2. The van der Waals surface area contributed by atoms with Crippen LogP contribution in [0.15, 0.2) is 48.7 Å². The number of aromatic carboxylic acids is 1. The second-order valence-electron chi connectivity index (χ2n) is 7.49. The molecule has 0 saturated carbocycles. The van der Waals surface area contributed by atoms with Crippen molar-refractivity contribution in [1.82, 2.24) is 4.98 Å². The van der Waals surface area contributed by atoms with Crippen LogP contribution in [0.2, 0.25) is 0 Å². The number of nitrogens with zero attached hydrogens (tertiary/aromatic N) is 1. The van der Waals surface area contributed by atoms with Crippen molar-refractivity contribution in [3.05, 3.63) is 70.2 Å². The third-order valence-corrected chi connectivity index (χ3v) is 6.17. The van der Waals surface area contributed by atoms with Crippen LogP contribution in [0, 0.1) is 0 Å². The lowest BCUT2D eigenvalue weighted by molar-refractivity contribution is 0.0696. The van der Waals surface area contributed by atoms with Crippen molar-refractivity contribution in [2.45, 2.75) is 18.9 Å². The van der Waals surface area contributed by atoms with Crippen LogP contribution in [-0.2, 0) is 17.6 Å². The summed E-state index contributed by atoms with van der Waals surface area (Å²) in [7, 11) is 1.59. The maximum atomic E-state index is 12.8. The van der Waals surface area contributed by atoms with Gasteiger partial charge in [-0.3, -0.25) is 4.79 Å². The Morgan fingerprint density at radius 3 is 2.59 bits per heavy atom. The van der Waals surface area contributed by atoms with Crippen molar-refractivity contribution in [3.63, 3.8) is 0 Å². The quantitative estimate of drug-likeness (QED) is 0.366. The van der Waals surface area contributed by atoms with Gasteiger partial charge in [-0.1, -0.05) is 35.6 Å². The van der Waals surface area contributed by atoms with Gasteiger partial charge >= 0.3 is 5.97 Å². The first kappa shape index (κ1) is 21.8. The minimum atomic E-state index is -1.06. The third-order valence-electron chi connectivity index (χ3n) is 5.24. The lowest BCUT2D eigenvalue weighted by Crippen LogP contribution is -2.19. The number of hydrogen-bond acceptors (Lipinski definition) is 7. The molecule has 0 aliphatic heterocycles. The molecule has 0 radical (unpaired) electrons. The molecule has 0 spiro atoms. The maximum Gasteiger partial charge on any atom is 0.335 e. The Hall–Kier alpha value is -3.43. The first-order valence-corrected chi connectivity index (χ1v) is 11.1. The summed E-state index contributed by atoms with van der Waals surface area (Å²) in [5.74, 6) is -1.41. The molecule has 9 heteroatoms. The van der Waals surface area contributed by atoms with E-state index in [1.54, 1.807) is 13.2 Å². The van der Waals surface area contributed by atoms with E-state index in [-0.39, 0.29) is 17.5 Å². The highest BCUT2D eigenvalue weighted by Crippen LogP contribution is 2.28. The van der Waals surface area contributed by atoms with Gasteiger partial charge in [0.15, 0.2) is 5.13 Å². The van der Waals surface area contributed by atoms with E-state index >= 15 is 0 Å². The number of thiazole rings is 1. The van der Waals surface area contributed by atoms with E-state index in [0.29, 0.717) is 34.5 Å². The molecule has 1 heterocycles. The number of amides is 1. The Balaban J connectivity index is 1.43. The van der Waals surface area contributed by atoms with Gasteiger partial charge in [-0.15, -0.1) is 0 Å². The van der Waals surface area contributed by atoms with Crippen LogP contribution in [0.4, 0.5) is 16.5 Å². The summed E-state index contributed by atoms with van der Waals surface area (Å²) in [6.45, 7) is 0.993. The van der Waals surface area contributed by atoms with Crippen molar-refractivity contribution in [1.29, 1.82) is 0 Å². The summed E-state index contributed by atoms with van der Waals surface area (Å²) >= 11 is 1.27. The average Bonchev–Trinajstić information content (AvgIpc) is 3.41. The predicted molar refractivity (Wildman–Crippen MR) is 125 cm³/mol. The Morgan fingerprint density at radius 1 is 1.16 bits per heavy atom. The van der Waals surface area contributed by atoms with Crippen molar-refractivity contribution >= 4 is 39.7 Å². The number of carboxylic acid groups (broad SMARTS) is 1. The zero-order chi connectivity index (χ0) is 22.5. The van der Waals surface area contributed by atoms with Crippen molar-refractivity contribution in [2.75, 3.05) is 36.2 Å². The Kier molecular flexibility index (Phi) is 6.67. The molecule has 0 fully saturated rings. The number of nitrogens with one attached hydrogen (secondary N) is 3. The van der Waals surface area contributed by atoms with Crippen molar-refractivity contribution in [3.8, 4) is 0 Å². The minimum absolute atomic E-state index is 0.0880. The van der Waals surface area contributed by atoms with Crippen LogP contribution in [0.25, 0.3) is 0 Å². The number of carbonyl (C=O) groups is 2. The molecule has 0 unspecified atom stereocenters. The summed E-state index contributed by atoms with van der Waals surface area (Å²) in [5.41, 5.74) is 3.77. The van der Waals surface area contributed by atoms with Crippen LogP contribution in [0.3, 0.4) is 0 Å². The van der Waals surface area contributed by atoms with E-state index in [1.807, 2.05) is 12.1 Å². The predicted octanol–water partition coefficient (Wildman–Crippen LogP) is 3.73. The molecule has 166 valence electrons. The zero-order valence-electron chi connectivity index (χ0n) is 17.6. The molecule has 8 nitrogen and oxygen atoms in total. The van der Waals surface area contributed by atoms with Gasteiger partial charge in [0.1, 0.15) is 4.88 Å². The topological polar surface area (TPSA) is 113 Å². The fraction of sp³-hybridized carbons (Fsp3) is 0.261. The molecule has 4 rings (SSSR count). The Bertz CT molecular complexity index is 1110. The number of benzene rings is 2. The van der Waals surface area contributed by atoms with Gasteiger partial charge in [0.25, 0.3) is 5.91 Å². The number of carboxylic acids is 1. The molecule has 3 aromatic rings. The number of ether oxygens (including phenoxy) is 1. The molecule has 1 aliphatic rings. The van der Waals surface area contributed by atoms with Gasteiger partial charge in [0.05, 0.1) is 29.7 Å². The Morgan fingerprint density at radius 2 is 1.91 bits per heavy atom. The molecule has 0 atom stereocenters. The number of aromatic nitrogens is 1. The molecule has 1 aliphatic carbocycles. The molecule has 4 N–H and O–H groups in total. The van der Waals surface area contributed by atoms with Crippen LogP contribution in [0.1, 0.15) is 31.2 Å². The van der Waals surface area contributed by atoms with E-state index in [4.69, 9.17) is 4.74 Å². The van der Waals surface area contributed by atoms with E-state index < -0.39 is 5.97 Å². The number of anilines is 3. The molecular weight excluding hydrogens is 428 g/mol. The summed E-state index contributed by atoms with van der Waals surface area (Å²) < 4.78 is 5.04. The first-order chi connectivity index (χ1) is 15.5. The summed E-state index contributed by atoms with van der Waals surface area (Å²) in [5, 5.41) is 19.4. The first-order valence-electron chi connectivity index (χ1n) is 10.2. The number of hydrogen-bond donors (Lipinski definition) is 4. The van der Waals surface area contributed by atoms with E-state index in [1.165, 1.54) is 40.8 Å². The van der Waals surface area contributed by atoms with Gasteiger partial charge in [0.2, 0.25) is 0 Å². The molecular formula is C23H24N4O4S. The molecule has 1 amide bonds. The van der Waals surface area contributed by atoms with E-state index in [2.05, 4.69) is 33.1 Å². The molecule has 1 aromatic heterocycles. The second-order valence-corrected chi connectivity index (χ2v) is 8.52. The van der Waals surface area contributed by atoms with Gasteiger partial charge in [-0.2, -0.15) is 0 Å². The fourth-order valence-corrected chi connectivity index (χ4v) is 4.48. The lowest BCUT2D eigenvalue weighted by atomic mass is 10.1. The van der Waals surface area contributed by atoms with Crippen LogP contribution < -0.4 is 16.0 Å². The molecule has 0 saturated heterocycles. The van der Waals surface area contributed by atoms with Gasteiger partial charge in [-0.05, 0) is 42.2 Å². The van der Waals surface area contributed by atoms with Crippen LogP contribution in [0.5, 0.6) is 0 Å². The van der Waals surface area contributed by atoms with E-state index in [9.17, 15) is 14.7 Å². The SMILES string of the molecule is COCCNc1ccc(C(=O)O)cc1NC(=O)c1cnc(NC2Cc3ccccc3C2)s1. The van der Waals surface area contributed by atoms with Gasteiger partial charge in [-0.25, -0.2) is 9.78 Å². The largest absolute Gasteiger partial charge is 0.478 e. The lowest BCUT2D eigenvalue weighted by Gasteiger charge is -2.13. The smallest absolute Gasteiger partial charge is 0.335 e. The van der Waals surface area contributed by atoms with Crippen LogP contribution in [-0.4, -0.2) is 48.3 Å². The highest BCUT2D eigenvalue weighted by Gasteiger charge is 2.22. The van der Waals surface area contributed by atoms with Gasteiger partial charge < -0.3 is 25.8 Å². The Labute approximate surface area is 189 Å². The highest BCUT2D eigenvalue weighted by atomic mass is 32.1. The highest BCUT2D eigenvalue weighted by molar-refractivity contribution is 7.17. The maximum absolute atomic E-state index is 12.8. The van der Waals surface area contributed by atoms with Crippen molar-refractivity contribution in [2.24, 2.45) is 0 Å². The average molecular weight is 453 g/mol. The standard InChI is InChI=1S/C23H24N4O4S/c1-31-9-8-24-18-7-6-16(22(29)30)12-19(18)27-21(28)20-13-25-23(32-20)26-17-10-14-4-2-3-5-15(14)11-17/h2-7,12-13,17,24H,8-11H2,1H3,(H,25,26)(H,27,28)(H,29,30). The molecule has 32 heavy (non-hydrogen) atoms. The zero-order valence-corrected chi connectivity index (χ0v) is 18.4. The normalized spacial score (nSPS) is 12.9. The number of carbonyl (C=O) groups excluding carboxylic acids is 1. The number of fused-ring (bicyclic) bond motifs is 1. The number of methoxy groups -OCH3 is 1. The van der Waals surface area contributed by atoms with Crippen molar-refractivity contribution < 1.29 is 19.4 Å². The monoisotopic (exact) mass is 452 g/mol. The fourth-order valence-electron chi connectivity index (χ4n) is 3.69. The summed E-state index contributed by atoms with van der Waals surface area (Å²) in [4.78, 5) is 29.0. The molecule has 0 bridgehead atoms. The minimum Gasteiger partial charge on any atom is -0.478 e.